The molecule has 25 heavy (non-hydrogen) atoms. The summed E-state index contributed by atoms with van der Waals surface area (Å²) in [5.41, 5.74) is 16.1. The van der Waals surface area contributed by atoms with Crippen LogP contribution in [-0.2, 0) is 0 Å². The van der Waals surface area contributed by atoms with E-state index in [1.54, 1.807) is 0 Å². The van der Waals surface area contributed by atoms with Gasteiger partial charge in [-0.2, -0.15) is 41.9 Å². The lowest BCUT2D eigenvalue weighted by atomic mass is 10.4. The van der Waals surface area contributed by atoms with E-state index in [0.29, 0.717) is 19.6 Å². The first-order valence-electron chi connectivity index (χ1n) is 5.57. The molecule has 0 heterocycles. The summed E-state index contributed by atoms with van der Waals surface area (Å²) in [5.74, 6) is 0. The fraction of sp³-hybridized carbons (Fsp3) is 1.00. The lowest BCUT2D eigenvalue weighted by Gasteiger charge is -2.18. The molecular weight excluding hydrogens is 426 g/mol. The summed E-state index contributed by atoms with van der Waals surface area (Å²) in [6, 6.07) is 0. The molecule has 0 unspecified atom stereocenters. The van der Waals surface area contributed by atoms with Crippen molar-refractivity contribution in [3.63, 3.8) is 0 Å². The van der Waals surface area contributed by atoms with Gasteiger partial charge in [-0.15, -0.1) is 0 Å². The molecule has 0 aliphatic heterocycles. The van der Waals surface area contributed by atoms with Gasteiger partial charge in [0.1, 0.15) is 0 Å². The molecule has 0 radical (unpaired) electrons. The summed E-state index contributed by atoms with van der Waals surface area (Å²) in [6.45, 7) is 4.73. The molecule has 0 rings (SSSR count). The first-order valence-corrected chi connectivity index (χ1v) is 9.36. The fourth-order valence-electron chi connectivity index (χ4n) is 0.883. The third kappa shape index (κ3) is 141. The van der Waals surface area contributed by atoms with Gasteiger partial charge in [0.05, 0.1) is 44.7 Å². The van der Waals surface area contributed by atoms with E-state index in [4.69, 9.17) is 73.1 Å². The van der Waals surface area contributed by atoms with Crippen molar-refractivity contribution in [3.8, 4) is 0 Å². The molecule has 0 atom stereocenters. The Morgan fingerprint density at radius 2 is 0.640 bits per heavy atom. The predicted octanol–water partition coefficient (Wildman–Crippen LogP) is -14.2. The highest BCUT2D eigenvalue weighted by Crippen LogP contribution is 1.81. The summed E-state index contributed by atoms with van der Waals surface area (Å²) in [5, 5.41) is 0. The zero-order valence-electron chi connectivity index (χ0n) is 12.6. The first kappa shape index (κ1) is 32.9. The van der Waals surface area contributed by atoms with Gasteiger partial charge < -0.3 is 17.2 Å². The van der Waals surface area contributed by atoms with Crippen LogP contribution < -0.4 is 59.1 Å². The Morgan fingerprint density at radius 3 is 0.720 bits per heavy atom. The average Bonchev–Trinajstić information content (AvgIpc) is 2.22. The summed E-state index contributed by atoms with van der Waals surface area (Å²) in [6.07, 6.45) is 0. The van der Waals surface area contributed by atoms with E-state index < -0.39 is 30.7 Å². The summed E-state index contributed by atoms with van der Waals surface area (Å²) in [7, 11) is -14.1. The Balaban J connectivity index is -0.000000126. The van der Waals surface area contributed by atoms with Crippen LogP contribution in [0.15, 0.2) is 0 Å². The molecule has 0 saturated heterocycles. The van der Waals surface area contributed by atoms with E-state index in [1.165, 1.54) is 0 Å². The molecule has 19 heteroatoms. The Hall–Kier alpha value is 0.230. The Kier molecular flexibility index (Phi) is 23.2. The van der Waals surface area contributed by atoms with Crippen LogP contribution in [-0.4, -0.2) is 58.1 Å². The molecule has 9 N–H and O–H groups in total. The van der Waals surface area contributed by atoms with Crippen LogP contribution in [0.2, 0.25) is 0 Å². The molecule has 0 spiro atoms. The molecule has 16 nitrogen and oxygen atoms in total. The van der Waals surface area contributed by atoms with Gasteiger partial charge in [-0.3, -0.25) is 4.90 Å². The zero-order chi connectivity index (χ0) is 21.3. The molecular formula is C6H21Cl3N4O12. The van der Waals surface area contributed by atoms with Crippen LogP contribution in [0.5, 0.6) is 0 Å². The Morgan fingerprint density at radius 1 is 0.520 bits per heavy atom. The first-order chi connectivity index (χ1) is 10.8. The molecule has 0 saturated carbocycles. The van der Waals surface area contributed by atoms with Gasteiger partial charge in [-0.25, -0.2) is 0 Å². The smallest absolute Gasteiger partial charge is 0.0777 e. The minimum absolute atomic E-state index is 0.681. The topological polar surface area (TPSA) is 350 Å². The zero-order valence-corrected chi connectivity index (χ0v) is 14.8. The molecule has 158 valence electrons. The third-order valence-electron chi connectivity index (χ3n) is 1.34. The number of rotatable bonds is 6. The van der Waals surface area contributed by atoms with E-state index in [9.17, 15) is 0 Å². The maximum absolute atomic E-state index is 8.60. The van der Waals surface area contributed by atoms with Crippen LogP contribution in [0, 0.1) is 30.7 Å². The molecule has 0 aromatic carbocycles. The van der Waals surface area contributed by atoms with Gasteiger partial charge >= 0.3 is 0 Å². The average molecular weight is 448 g/mol. The summed E-state index contributed by atoms with van der Waals surface area (Å²) < 4.78 is 98.2. The SMILES string of the molecule is NCCN(CCN)CCN.[O-][Cl+3]([O-])([O-])O.[O-][Cl+3]([O-])([O-])O.[O-][Cl+3]([O-])([O-])O. The molecule has 0 fully saturated rings. The largest absolute Gasteiger partial charge is 0.329 e. The highest BCUT2D eigenvalue weighted by Gasteiger charge is 2.00. The highest BCUT2D eigenvalue weighted by molar-refractivity contribution is 4.58. The van der Waals surface area contributed by atoms with E-state index in [-0.39, 0.29) is 0 Å². The van der Waals surface area contributed by atoms with Gasteiger partial charge in [-0.1, -0.05) is 0 Å². The number of halogens is 3. The summed E-state index contributed by atoms with van der Waals surface area (Å²) in [4.78, 5) is 2.17. The van der Waals surface area contributed by atoms with Crippen LogP contribution >= 0.6 is 0 Å². The normalized spacial score (nSPS) is 11.5. The van der Waals surface area contributed by atoms with Crippen LogP contribution in [0.1, 0.15) is 0 Å². The Labute approximate surface area is 148 Å². The maximum atomic E-state index is 8.60. The number of hydrogen-bond donors (Lipinski definition) is 6. The lowest BCUT2D eigenvalue weighted by Crippen LogP contribution is -2.58. The second-order valence-corrected chi connectivity index (χ2v) is 5.77. The molecule has 0 aromatic rings. The van der Waals surface area contributed by atoms with Gasteiger partial charge in [0.2, 0.25) is 0 Å². The summed E-state index contributed by atoms with van der Waals surface area (Å²) >= 11 is 0. The van der Waals surface area contributed by atoms with Crippen molar-refractivity contribution < 1.29 is 86.6 Å². The molecule has 0 aromatic heterocycles. The minimum atomic E-state index is -4.69. The van der Waals surface area contributed by atoms with Crippen LogP contribution in [0.25, 0.3) is 0 Å². The second-order valence-electron chi connectivity index (χ2n) is 3.40. The van der Waals surface area contributed by atoms with Crippen LogP contribution in [0.4, 0.5) is 0 Å². The quantitative estimate of drug-likeness (QED) is 0.220. The lowest BCUT2D eigenvalue weighted by molar-refractivity contribution is -1.92. The van der Waals surface area contributed by atoms with Gasteiger partial charge in [0.15, 0.2) is 0 Å². The molecule has 0 bridgehead atoms. The van der Waals surface area contributed by atoms with Gasteiger partial charge in [0, 0.05) is 39.3 Å². The minimum Gasteiger partial charge on any atom is -0.329 e. The van der Waals surface area contributed by atoms with Gasteiger partial charge in [0.25, 0.3) is 0 Å². The maximum Gasteiger partial charge on any atom is 0.0777 e. The third-order valence-corrected chi connectivity index (χ3v) is 1.34. The highest BCUT2D eigenvalue weighted by atomic mass is 35.7. The molecule has 0 aliphatic carbocycles. The van der Waals surface area contributed by atoms with Crippen molar-refractivity contribution in [3.05, 3.63) is 0 Å². The van der Waals surface area contributed by atoms with E-state index >= 15 is 0 Å². The monoisotopic (exact) mass is 446 g/mol. The fourth-order valence-corrected chi connectivity index (χ4v) is 0.883. The Bertz CT molecular complexity index is 212. The van der Waals surface area contributed by atoms with E-state index in [2.05, 4.69) is 4.90 Å². The predicted molar refractivity (Wildman–Crippen MR) is 50.3 cm³/mol. The van der Waals surface area contributed by atoms with Crippen molar-refractivity contribution in [1.82, 2.24) is 4.90 Å². The number of hydrogen-bond acceptors (Lipinski definition) is 16. The van der Waals surface area contributed by atoms with Gasteiger partial charge in [-0.05, 0) is 0 Å². The van der Waals surface area contributed by atoms with E-state index in [1.807, 2.05) is 0 Å². The van der Waals surface area contributed by atoms with Crippen molar-refractivity contribution in [2.24, 2.45) is 17.2 Å². The van der Waals surface area contributed by atoms with Crippen LogP contribution in [0.3, 0.4) is 0 Å². The van der Waals surface area contributed by atoms with Crippen molar-refractivity contribution in [2.75, 3.05) is 39.3 Å². The number of nitrogens with two attached hydrogens (primary N) is 3. The molecule has 0 amide bonds. The standard InChI is InChI=1S/C6H18N4.3ClHO4/c7-1-4-10(5-2-8)6-3-9;3*2-1(3,4)5/h1-9H2;3*(H,2,3,4,5). The number of nitrogens with zero attached hydrogens (tertiary/aromatic N) is 1. The van der Waals surface area contributed by atoms with Crippen molar-refractivity contribution >= 4 is 0 Å². The second kappa shape index (κ2) is 17.6. The van der Waals surface area contributed by atoms with Crippen molar-refractivity contribution in [1.29, 1.82) is 0 Å². The molecule has 0 aliphatic rings. The van der Waals surface area contributed by atoms with E-state index in [0.717, 1.165) is 19.6 Å². The van der Waals surface area contributed by atoms with Crippen molar-refractivity contribution in [2.45, 2.75) is 0 Å².